The number of hydrogen-bond donors (Lipinski definition) is 4. The van der Waals surface area contributed by atoms with Crippen molar-refractivity contribution in [3.63, 3.8) is 0 Å². The van der Waals surface area contributed by atoms with Crippen molar-refractivity contribution in [1.82, 2.24) is 10.2 Å². The summed E-state index contributed by atoms with van der Waals surface area (Å²) in [5, 5.41) is 26.5. The lowest BCUT2D eigenvalue weighted by Crippen LogP contribution is -2.46. The number of nitrogens with zero attached hydrogens (tertiary/aromatic N) is 1. The molecule has 8 nitrogen and oxygen atoms in total. The van der Waals surface area contributed by atoms with Gasteiger partial charge in [0, 0.05) is 36.3 Å². The summed E-state index contributed by atoms with van der Waals surface area (Å²) in [6.07, 6.45) is -1.85. The second-order valence-electron chi connectivity index (χ2n) is 11.8. The summed E-state index contributed by atoms with van der Waals surface area (Å²) in [4.78, 5) is 14.8. The zero-order valence-electron chi connectivity index (χ0n) is 26.0. The van der Waals surface area contributed by atoms with Crippen LogP contribution in [0, 0.1) is 5.92 Å². The molecule has 0 radical (unpaired) electrons. The molecule has 1 heterocycles. The predicted molar refractivity (Wildman–Crippen MR) is 175 cm³/mol. The third-order valence-electron chi connectivity index (χ3n) is 8.60. The lowest BCUT2D eigenvalue weighted by molar-refractivity contribution is -0.276. The molecule has 0 aliphatic carbocycles. The van der Waals surface area contributed by atoms with Crippen molar-refractivity contribution < 1.29 is 24.5 Å². The van der Waals surface area contributed by atoms with Gasteiger partial charge in [-0.3, -0.25) is 4.90 Å². The monoisotopic (exact) mass is 609 g/mol. The molecule has 1 fully saturated rings. The highest BCUT2D eigenvalue weighted by molar-refractivity contribution is 5.89. The maximum absolute atomic E-state index is 12.7. The molecule has 1 aliphatic heterocycles. The minimum atomic E-state index is -0.689. The van der Waals surface area contributed by atoms with Gasteiger partial charge in [-0.2, -0.15) is 0 Å². The first-order chi connectivity index (χ1) is 21.8. The Morgan fingerprint density at radius 2 is 1.56 bits per heavy atom. The average Bonchev–Trinajstić information content (AvgIpc) is 3.08. The Labute approximate surface area is 265 Å². The van der Waals surface area contributed by atoms with Crippen molar-refractivity contribution >= 4 is 11.7 Å². The van der Waals surface area contributed by atoms with Crippen LogP contribution in [0.3, 0.4) is 0 Å². The molecule has 5 rings (SSSR count). The van der Waals surface area contributed by atoms with E-state index in [4.69, 9.17) is 9.47 Å². The Kier molecular flexibility index (Phi) is 11.0. The molecule has 8 heteroatoms. The zero-order chi connectivity index (χ0) is 31.8. The molecule has 4 N–H and O–H groups in total. The highest BCUT2D eigenvalue weighted by Gasteiger charge is 2.39. The fourth-order valence-electron chi connectivity index (χ4n) is 5.66. The number of rotatable bonds is 11. The maximum Gasteiger partial charge on any atom is 0.319 e. The van der Waals surface area contributed by atoms with Gasteiger partial charge in [-0.25, -0.2) is 4.79 Å². The molecule has 1 saturated heterocycles. The average molecular weight is 610 g/mol. The molecular formula is C37H43N3O5. The number of likely N-dealkylation sites (N-methyl/N-ethyl adjacent to an activating group) is 1. The van der Waals surface area contributed by atoms with E-state index in [-0.39, 0.29) is 36.8 Å². The van der Waals surface area contributed by atoms with Gasteiger partial charge in [0.05, 0.1) is 24.9 Å². The van der Waals surface area contributed by atoms with Crippen molar-refractivity contribution in [3.8, 4) is 0 Å². The molecule has 0 bridgehead atoms. The van der Waals surface area contributed by atoms with E-state index in [0.29, 0.717) is 18.8 Å². The predicted octanol–water partition coefficient (Wildman–Crippen LogP) is 6.35. The van der Waals surface area contributed by atoms with Gasteiger partial charge in [-0.1, -0.05) is 104 Å². The number of aliphatic hydroxyl groups is 2. The molecule has 6 unspecified atom stereocenters. The smallest absolute Gasteiger partial charge is 0.319 e. The van der Waals surface area contributed by atoms with E-state index in [0.717, 1.165) is 27.8 Å². The number of hydrogen-bond acceptors (Lipinski definition) is 6. The third kappa shape index (κ3) is 8.36. The van der Waals surface area contributed by atoms with Crippen LogP contribution in [0.4, 0.5) is 10.5 Å². The highest BCUT2D eigenvalue weighted by Crippen LogP contribution is 2.42. The highest BCUT2D eigenvalue weighted by atomic mass is 16.7. The number of aliphatic hydroxyl groups excluding tert-OH is 2. The van der Waals surface area contributed by atoms with Crippen LogP contribution in [0.25, 0.3) is 0 Å². The van der Waals surface area contributed by atoms with Crippen molar-refractivity contribution in [3.05, 3.63) is 137 Å². The van der Waals surface area contributed by atoms with E-state index in [1.54, 1.807) is 0 Å². The third-order valence-corrected chi connectivity index (χ3v) is 8.60. The number of carbonyl (C=O) groups excluding carboxylic acids is 1. The van der Waals surface area contributed by atoms with Crippen LogP contribution in [0.1, 0.15) is 60.2 Å². The first-order valence-electron chi connectivity index (χ1n) is 15.4. The standard InChI is InChI=1S/C37H43N3O5/c1-25-33(23-40(3)26(2)34(42)29-13-8-5-9-14-29)44-36(45-35(25)30-19-17-28(24-41)18-20-30)31-15-10-16-32(21-31)39-37(43)38-22-27-11-6-4-7-12-27/h4-21,25-26,33-36,41-42H,22-24H2,1-3H3,(H2,38,39,43). The molecule has 45 heavy (non-hydrogen) atoms. The van der Waals surface area contributed by atoms with Gasteiger partial charge in [0.25, 0.3) is 0 Å². The van der Waals surface area contributed by atoms with Crippen molar-refractivity contribution in [2.45, 2.75) is 57.6 Å². The summed E-state index contributed by atoms with van der Waals surface area (Å²) in [5.74, 6) is -0.0187. The first-order valence-corrected chi connectivity index (χ1v) is 15.4. The molecule has 4 aromatic carbocycles. The van der Waals surface area contributed by atoms with Crippen LogP contribution in [0.15, 0.2) is 109 Å². The van der Waals surface area contributed by atoms with Gasteiger partial charge >= 0.3 is 6.03 Å². The van der Waals surface area contributed by atoms with E-state index in [2.05, 4.69) is 22.5 Å². The number of benzene rings is 4. The number of amides is 2. The maximum atomic E-state index is 12.7. The summed E-state index contributed by atoms with van der Waals surface area (Å²) in [7, 11) is 2.00. The summed E-state index contributed by atoms with van der Waals surface area (Å²) in [6, 6.07) is 34.3. The molecule has 0 spiro atoms. The minimum absolute atomic E-state index is 0.0187. The van der Waals surface area contributed by atoms with E-state index >= 15 is 0 Å². The number of ether oxygens (including phenoxy) is 2. The van der Waals surface area contributed by atoms with E-state index in [9.17, 15) is 15.0 Å². The summed E-state index contributed by atoms with van der Waals surface area (Å²) < 4.78 is 13.3. The molecule has 1 aliphatic rings. The van der Waals surface area contributed by atoms with Gasteiger partial charge in [-0.15, -0.1) is 0 Å². The normalized spacial score (nSPS) is 21.2. The van der Waals surface area contributed by atoms with Crippen molar-refractivity contribution in [2.75, 3.05) is 18.9 Å². The second-order valence-corrected chi connectivity index (χ2v) is 11.8. The van der Waals surface area contributed by atoms with E-state index in [1.165, 1.54) is 0 Å². The lowest BCUT2D eigenvalue weighted by atomic mass is 9.89. The summed E-state index contributed by atoms with van der Waals surface area (Å²) >= 11 is 0. The number of anilines is 1. The molecule has 236 valence electrons. The molecule has 4 aromatic rings. The Morgan fingerprint density at radius 1 is 0.867 bits per heavy atom. The topological polar surface area (TPSA) is 103 Å². The summed E-state index contributed by atoms with van der Waals surface area (Å²) in [5.41, 5.74) is 5.12. The quantitative estimate of drug-likeness (QED) is 0.158. The van der Waals surface area contributed by atoms with Crippen LogP contribution < -0.4 is 10.6 Å². The first kappa shape index (κ1) is 32.3. The van der Waals surface area contributed by atoms with Crippen LogP contribution in [0.2, 0.25) is 0 Å². The van der Waals surface area contributed by atoms with Crippen LogP contribution in [0.5, 0.6) is 0 Å². The van der Waals surface area contributed by atoms with Crippen LogP contribution >= 0.6 is 0 Å². The second kappa shape index (κ2) is 15.3. The molecule has 0 aromatic heterocycles. The van der Waals surface area contributed by atoms with Gasteiger partial charge < -0.3 is 30.3 Å². The van der Waals surface area contributed by atoms with Crippen molar-refractivity contribution in [2.24, 2.45) is 5.92 Å². The molecular weight excluding hydrogens is 566 g/mol. The van der Waals surface area contributed by atoms with Crippen molar-refractivity contribution in [1.29, 1.82) is 0 Å². The number of urea groups is 1. The Hall–Kier alpha value is -4.05. The molecule has 6 atom stereocenters. The fraction of sp³-hybridized carbons (Fsp3) is 0.324. The van der Waals surface area contributed by atoms with Crippen LogP contribution in [-0.4, -0.2) is 46.9 Å². The lowest BCUT2D eigenvalue weighted by Gasteiger charge is -2.43. The Balaban J connectivity index is 1.33. The van der Waals surface area contributed by atoms with E-state index < -0.39 is 12.4 Å². The van der Waals surface area contributed by atoms with E-state index in [1.807, 2.05) is 123 Å². The number of carbonyl (C=O) groups is 1. The van der Waals surface area contributed by atoms with Gasteiger partial charge in [0.1, 0.15) is 0 Å². The Morgan fingerprint density at radius 3 is 2.24 bits per heavy atom. The van der Waals surface area contributed by atoms with Gasteiger partial charge in [0.15, 0.2) is 6.29 Å². The van der Waals surface area contributed by atoms with Crippen LogP contribution in [-0.2, 0) is 22.6 Å². The Bertz CT molecular complexity index is 1500. The largest absolute Gasteiger partial charge is 0.392 e. The van der Waals surface area contributed by atoms with Gasteiger partial charge in [-0.05, 0) is 48.4 Å². The molecule has 0 saturated carbocycles. The molecule has 2 amide bonds. The zero-order valence-corrected chi connectivity index (χ0v) is 26.0. The number of nitrogens with one attached hydrogen (secondary N) is 2. The van der Waals surface area contributed by atoms with Gasteiger partial charge in [0.2, 0.25) is 0 Å². The fourth-order valence-corrected chi connectivity index (χ4v) is 5.66. The SMILES string of the molecule is CC1C(CN(C)C(C)C(O)c2ccccc2)OC(c2cccc(NC(=O)NCc3ccccc3)c2)OC1c1ccc(CO)cc1. The summed E-state index contributed by atoms with van der Waals surface area (Å²) in [6.45, 7) is 5.09. The minimum Gasteiger partial charge on any atom is -0.392 e.